The lowest BCUT2D eigenvalue weighted by molar-refractivity contribution is 0.307. The molecule has 1 aromatic heterocycles. The van der Waals surface area contributed by atoms with E-state index in [0.717, 1.165) is 18.2 Å². The van der Waals surface area contributed by atoms with Crippen LogP contribution in [-0.2, 0) is 6.42 Å². The Morgan fingerprint density at radius 1 is 1.00 bits per heavy atom. The molecule has 1 aromatic rings. The first-order chi connectivity index (χ1) is 9.33. The first-order valence-electron chi connectivity index (χ1n) is 8.14. The second-order valence-corrected chi connectivity index (χ2v) is 6.04. The van der Waals surface area contributed by atoms with Gasteiger partial charge >= 0.3 is 0 Å². The molecule has 0 unspecified atom stereocenters. The van der Waals surface area contributed by atoms with Crippen molar-refractivity contribution in [3.05, 3.63) is 23.8 Å². The highest BCUT2D eigenvalue weighted by molar-refractivity contribution is 5.12. The standard InChI is InChI=1S/C17H28N2/c1-3-5-7-17-18-12-16(13-19-17)15-10-8-14(6-4-2)9-11-15/h12-15H,3-11H2,1-2H3/t14-,15-. The molecule has 2 heteroatoms. The van der Waals surface area contributed by atoms with Gasteiger partial charge < -0.3 is 0 Å². The van der Waals surface area contributed by atoms with E-state index in [0.29, 0.717) is 5.92 Å². The van der Waals surface area contributed by atoms with Crippen molar-refractivity contribution in [3.63, 3.8) is 0 Å². The summed E-state index contributed by atoms with van der Waals surface area (Å²) in [4.78, 5) is 9.07. The van der Waals surface area contributed by atoms with E-state index in [9.17, 15) is 0 Å². The Kier molecular flexibility index (Phi) is 5.81. The summed E-state index contributed by atoms with van der Waals surface area (Å²) in [5, 5.41) is 0. The SMILES string of the molecule is CCCCc1ncc([C@H]2CC[C@H](CCC)CC2)cn1. The lowest BCUT2D eigenvalue weighted by Crippen LogP contribution is -2.13. The predicted molar refractivity (Wildman–Crippen MR) is 80.3 cm³/mol. The molecule has 1 heterocycles. The van der Waals surface area contributed by atoms with E-state index in [1.54, 1.807) is 0 Å². The van der Waals surface area contributed by atoms with Crippen LogP contribution in [0.5, 0.6) is 0 Å². The molecule has 0 saturated heterocycles. The van der Waals surface area contributed by atoms with Crippen molar-refractivity contribution in [2.24, 2.45) is 5.92 Å². The maximum absolute atomic E-state index is 4.54. The normalized spacial score (nSPS) is 23.5. The summed E-state index contributed by atoms with van der Waals surface area (Å²) >= 11 is 0. The van der Waals surface area contributed by atoms with Crippen molar-refractivity contribution in [1.29, 1.82) is 0 Å². The number of aromatic nitrogens is 2. The van der Waals surface area contributed by atoms with Gasteiger partial charge in [-0.15, -0.1) is 0 Å². The molecule has 2 nitrogen and oxygen atoms in total. The summed E-state index contributed by atoms with van der Waals surface area (Å²) in [6, 6.07) is 0. The van der Waals surface area contributed by atoms with Gasteiger partial charge in [-0.2, -0.15) is 0 Å². The minimum Gasteiger partial charge on any atom is -0.241 e. The molecular weight excluding hydrogens is 232 g/mol. The van der Waals surface area contributed by atoms with Gasteiger partial charge in [0.15, 0.2) is 0 Å². The van der Waals surface area contributed by atoms with Crippen molar-refractivity contribution in [2.75, 3.05) is 0 Å². The third-order valence-electron chi connectivity index (χ3n) is 4.49. The fourth-order valence-corrected chi connectivity index (χ4v) is 3.23. The highest BCUT2D eigenvalue weighted by atomic mass is 14.9. The van der Waals surface area contributed by atoms with Crippen LogP contribution < -0.4 is 0 Å². The van der Waals surface area contributed by atoms with Gasteiger partial charge in [-0.05, 0) is 49.5 Å². The lowest BCUT2D eigenvalue weighted by Gasteiger charge is -2.28. The van der Waals surface area contributed by atoms with E-state index in [-0.39, 0.29) is 0 Å². The van der Waals surface area contributed by atoms with Crippen molar-refractivity contribution < 1.29 is 0 Å². The van der Waals surface area contributed by atoms with E-state index in [1.807, 2.05) is 0 Å². The summed E-state index contributed by atoms with van der Waals surface area (Å²) < 4.78 is 0. The Hall–Kier alpha value is -0.920. The smallest absolute Gasteiger partial charge is 0.128 e. The number of aryl methyl sites for hydroxylation is 1. The highest BCUT2D eigenvalue weighted by Gasteiger charge is 2.22. The molecule has 0 atom stereocenters. The molecule has 106 valence electrons. The summed E-state index contributed by atoms with van der Waals surface area (Å²) in [6.07, 6.45) is 15.8. The fraction of sp³-hybridized carbons (Fsp3) is 0.765. The minimum atomic E-state index is 0.716. The molecule has 0 radical (unpaired) electrons. The third-order valence-corrected chi connectivity index (χ3v) is 4.49. The van der Waals surface area contributed by atoms with Crippen LogP contribution >= 0.6 is 0 Å². The predicted octanol–water partition coefficient (Wildman–Crippen LogP) is 4.89. The number of hydrogen-bond donors (Lipinski definition) is 0. The zero-order valence-corrected chi connectivity index (χ0v) is 12.6. The maximum atomic E-state index is 4.54. The molecule has 0 aromatic carbocycles. The summed E-state index contributed by atoms with van der Waals surface area (Å²) in [5.41, 5.74) is 1.37. The molecule has 1 aliphatic rings. The molecule has 0 bridgehead atoms. The van der Waals surface area contributed by atoms with E-state index in [4.69, 9.17) is 0 Å². The van der Waals surface area contributed by atoms with Crippen molar-refractivity contribution in [1.82, 2.24) is 9.97 Å². The van der Waals surface area contributed by atoms with Gasteiger partial charge in [0, 0.05) is 18.8 Å². The second-order valence-electron chi connectivity index (χ2n) is 6.04. The van der Waals surface area contributed by atoms with Gasteiger partial charge in [0.05, 0.1) is 0 Å². The second kappa shape index (κ2) is 7.62. The average Bonchev–Trinajstić information content (AvgIpc) is 2.47. The topological polar surface area (TPSA) is 25.8 Å². The Labute approximate surface area is 118 Å². The van der Waals surface area contributed by atoms with Gasteiger partial charge in [0.25, 0.3) is 0 Å². The number of nitrogens with zero attached hydrogens (tertiary/aromatic N) is 2. The molecule has 0 N–H and O–H groups in total. The number of rotatable bonds is 6. The quantitative estimate of drug-likeness (QED) is 0.727. The van der Waals surface area contributed by atoms with Gasteiger partial charge in [-0.1, -0.05) is 33.1 Å². The molecule has 2 rings (SSSR count). The van der Waals surface area contributed by atoms with Crippen molar-refractivity contribution in [3.8, 4) is 0 Å². The zero-order valence-electron chi connectivity index (χ0n) is 12.6. The molecular formula is C17H28N2. The van der Waals surface area contributed by atoms with E-state index in [1.165, 1.54) is 56.9 Å². The van der Waals surface area contributed by atoms with Gasteiger partial charge in [-0.25, -0.2) is 9.97 Å². The van der Waals surface area contributed by atoms with Gasteiger partial charge in [-0.3, -0.25) is 0 Å². The van der Waals surface area contributed by atoms with Crippen molar-refractivity contribution >= 4 is 0 Å². The van der Waals surface area contributed by atoms with Crippen LogP contribution in [-0.4, -0.2) is 9.97 Å². The van der Waals surface area contributed by atoms with Crippen LogP contribution in [0.3, 0.4) is 0 Å². The van der Waals surface area contributed by atoms with Crippen LogP contribution in [0, 0.1) is 5.92 Å². The Morgan fingerprint density at radius 3 is 2.26 bits per heavy atom. The van der Waals surface area contributed by atoms with Crippen LogP contribution in [0.4, 0.5) is 0 Å². The van der Waals surface area contributed by atoms with Gasteiger partial charge in [0.1, 0.15) is 5.82 Å². The van der Waals surface area contributed by atoms with Crippen LogP contribution in [0.1, 0.15) is 82.5 Å². The maximum Gasteiger partial charge on any atom is 0.128 e. The zero-order chi connectivity index (χ0) is 13.5. The summed E-state index contributed by atoms with van der Waals surface area (Å²) in [5.74, 6) is 2.71. The summed E-state index contributed by atoms with van der Waals surface area (Å²) in [7, 11) is 0. The molecule has 0 spiro atoms. The number of hydrogen-bond acceptors (Lipinski definition) is 2. The minimum absolute atomic E-state index is 0.716. The monoisotopic (exact) mass is 260 g/mol. The van der Waals surface area contributed by atoms with Crippen molar-refractivity contribution in [2.45, 2.75) is 77.6 Å². The van der Waals surface area contributed by atoms with Crippen LogP contribution in [0.2, 0.25) is 0 Å². The van der Waals surface area contributed by atoms with Crippen LogP contribution in [0.25, 0.3) is 0 Å². The Morgan fingerprint density at radius 2 is 1.68 bits per heavy atom. The highest BCUT2D eigenvalue weighted by Crippen LogP contribution is 2.36. The van der Waals surface area contributed by atoms with E-state index < -0.39 is 0 Å². The van der Waals surface area contributed by atoms with E-state index in [2.05, 4.69) is 36.2 Å². The molecule has 1 saturated carbocycles. The van der Waals surface area contributed by atoms with Crippen LogP contribution in [0.15, 0.2) is 12.4 Å². The Balaban J connectivity index is 1.85. The van der Waals surface area contributed by atoms with Gasteiger partial charge in [0.2, 0.25) is 0 Å². The average molecular weight is 260 g/mol. The molecule has 0 aliphatic heterocycles. The largest absolute Gasteiger partial charge is 0.241 e. The Bertz CT molecular complexity index is 350. The molecule has 1 aliphatic carbocycles. The first kappa shape index (κ1) is 14.5. The number of unbranched alkanes of at least 4 members (excludes halogenated alkanes) is 1. The van der Waals surface area contributed by atoms with E-state index >= 15 is 0 Å². The molecule has 19 heavy (non-hydrogen) atoms. The third kappa shape index (κ3) is 4.29. The first-order valence-corrected chi connectivity index (χ1v) is 8.14. The molecule has 0 amide bonds. The molecule has 1 fully saturated rings. The lowest BCUT2D eigenvalue weighted by atomic mass is 9.78. The summed E-state index contributed by atoms with van der Waals surface area (Å²) in [6.45, 7) is 4.51. The fourth-order valence-electron chi connectivity index (χ4n) is 3.23.